The largest absolute Gasteiger partial charge is 0.334 e. The third kappa shape index (κ3) is 5.75. The van der Waals surface area contributed by atoms with Crippen molar-refractivity contribution in [2.24, 2.45) is 0 Å². The van der Waals surface area contributed by atoms with Crippen LogP contribution in [0.4, 0.5) is 4.79 Å². The molecule has 4 rings (SSSR count). The number of amides is 3. The van der Waals surface area contributed by atoms with Crippen LogP contribution in [0.3, 0.4) is 0 Å². The van der Waals surface area contributed by atoms with Crippen molar-refractivity contribution in [3.05, 3.63) is 65.2 Å². The van der Waals surface area contributed by atoms with Crippen LogP contribution in [0.25, 0.3) is 11.4 Å². The number of halogens is 1. The van der Waals surface area contributed by atoms with E-state index in [1.165, 1.54) is 11.8 Å². The lowest BCUT2D eigenvalue weighted by atomic mass is 10.2. The predicted molar refractivity (Wildman–Crippen MR) is 130 cm³/mol. The van der Waals surface area contributed by atoms with Gasteiger partial charge in [-0.3, -0.25) is 14.7 Å². The van der Waals surface area contributed by atoms with Gasteiger partial charge in [0.2, 0.25) is 5.91 Å². The van der Waals surface area contributed by atoms with Crippen molar-refractivity contribution in [1.29, 1.82) is 0 Å². The van der Waals surface area contributed by atoms with Crippen LogP contribution in [0.5, 0.6) is 0 Å². The molecule has 3 amide bonds. The number of nitrogens with zero attached hydrogens (tertiary/aromatic N) is 3. The molecule has 2 N–H and O–H groups in total. The summed E-state index contributed by atoms with van der Waals surface area (Å²) < 4.78 is 2.11. The lowest BCUT2D eigenvalue weighted by Crippen LogP contribution is -2.42. The minimum atomic E-state index is -0.532. The van der Waals surface area contributed by atoms with Gasteiger partial charge in [0, 0.05) is 18.2 Å². The molecule has 0 spiro atoms. The van der Waals surface area contributed by atoms with Gasteiger partial charge in [0.25, 0.3) is 0 Å². The Labute approximate surface area is 202 Å². The van der Waals surface area contributed by atoms with Crippen molar-refractivity contribution in [3.8, 4) is 11.4 Å². The number of rotatable bonds is 7. The Hall–Kier alpha value is -2.84. The topological polar surface area (TPSA) is 88.9 Å². The second-order valence-corrected chi connectivity index (χ2v) is 9.73. The van der Waals surface area contributed by atoms with E-state index in [4.69, 9.17) is 11.6 Å². The highest BCUT2D eigenvalue weighted by Crippen LogP contribution is 2.38. The molecule has 1 aliphatic rings. The van der Waals surface area contributed by atoms with Crippen LogP contribution >= 0.6 is 23.4 Å². The van der Waals surface area contributed by atoms with Crippen LogP contribution < -0.4 is 10.6 Å². The Balaban J connectivity index is 1.45. The summed E-state index contributed by atoms with van der Waals surface area (Å²) in [6.45, 7) is 2.10. The van der Waals surface area contributed by atoms with Crippen molar-refractivity contribution in [1.82, 2.24) is 25.4 Å². The predicted octanol–water partition coefficient (Wildman–Crippen LogP) is 5.22. The summed E-state index contributed by atoms with van der Waals surface area (Å²) in [5, 5.41) is 14.7. The first-order chi connectivity index (χ1) is 16.0. The number of imide groups is 1. The Morgan fingerprint density at radius 3 is 2.52 bits per heavy atom. The van der Waals surface area contributed by atoms with Crippen molar-refractivity contribution in [2.75, 3.05) is 0 Å². The van der Waals surface area contributed by atoms with Crippen LogP contribution in [0.15, 0.2) is 59.8 Å². The number of nitrogens with one attached hydrogen (secondary N) is 2. The molecule has 1 aromatic heterocycles. The third-order valence-corrected chi connectivity index (χ3v) is 7.04. The van der Waals surface area contributed by atoms with Gasteiger partial charge < -0.3 is 5.32 Å². The molecule has 0 bridgehead atoms. The normalized spacial score (nSPS) is 14.7. The molecular formula is C24H26ClN5O2S. The standard InChI is InChI=1S/C24H26ClN5O2S/c1-16(22(31)27-23(32)26-15-17-9-3-2-4-10-17)33-24-29-28-21(19-13-7-8-14-20(19)25)30(24)18-11-5-6-12-18/h2-4,7-10,13-14,16,18H,5-6,11-12,15H2,1H3,(H2,26,27,31,32). The number of thioether (sulfide) groups is 1. The lowest BCUT2D eigenvalue weighted by Gasteiger charge is -2.18. The Morgan fingerprint density at radius 2 is 1.79 bits per heavy atom. The monoisotopic (exact) mass is 483 g/mol. The van der Waals surface area contributed by atoms with Crippen molar-refractivity contribution < 1.29 is 9.59 Å². The van der Waals surface area contributed by atoms with Gasteiger partial charge in [0.15, 0.2) is 11.0 Å². The average Bonchev–Trinajstić information content (AvgIpc) is 3.48. The van der Waals surface area contributed by atoms with E-state index < -0.39 is 11.3 Å². The number of aromatic nitrogens is 3. The summed E-state index contributed by atoms with van der Waals surface area (Å²) >= 11 is 7.73. The minimum Gasteiger partial charge on any atom is -0.334 e. The Bertz CT molecular complexity index is 1120. The first-order valence-corrected chi connectivity index (χ1v) is 12.3. The molecule has 2 aromatic carbocycles. The van der Waals surface area contributed by atoms with Crippen LogP contribution in [0, 0.1) is 0 Å². The molecule has 3 aromatic rings. The number of hydrogen-bond donors (Lipinski definition) is 2. The van der Waals surface area contributed by atoms with Gasteiger partial charge >= 0.3 is 6.03 Å². The van der Waals surface area contributed by atoms with Gasteiger partial charge in [0.1, 0.15) is 0 Å². The van der Waals surface area contributed by atoms with E-state index >= 15 is 0 Å². The quantitative estimate of drug-likeness (QED) is 0.450. The Morgan fingerprint density at radius 1 is 1.09 bits per heavy atom. The zero-order chi connectivity index (χ0) is 23.2. The van der Waals surface area contributed by atoms with Gasteiger partial charge in [-0.25, -0.2) is 4.79 Å². The molecule has 9 heteroatoms. The number of benzene rings is 2. The summed E-state index contributed by atoms with van der Waals surface area (Å²) in [6.07, 6.45) is 4.36. The van der Waals surface area contributed by atoms with E-state index in [1.807, 2.05) is 54.6 Å². The van der Waals surface area contributed by atoms with E-state index in [1.54, 1.807) is 6.92 Å². The molecule has 1 unspecified atom stereocenters. The SMILES string of the molecule is CC(Sc1nnc(-c2ccccc2Cl)n1C1CCCC1)C(=O)NC(=O)NCc1ccccc1. The molecule has 0 saturated heterocycles. The molecule has 1 atom stereocenters. The maximum Gasteiger partial charge on any atom is 0.321 e. The molecule has 1 saturated carbocycles. The number of carbonyl (C=O) groups excluding carboxylic acids is 2. The van der Waals surface area contributed by atoms with Crippen molar-refractivity contribution in [2.45, 2.75) is 55.6 Å². The number of hydrogen-bond acceptors (Lipinski definition) is 5. The molecule has 0 aliphatic heterocycles. The second-order valence-electron chi connectivity index (χ2n) is 8.01. The minimum absolute atomic E-state index is 0.262. The highest BCUT2D eigenvalue weighted by molar-refractivity contribution is 8.00. The van der Waals surface area contributed by atoms with E-state index in [0.29, 0.717) is 22.5 Å². The van der Waals surface area contributed by atoms with E-state index in [0.717, 1.165) is 36.8 Å². The number of urea groups is 1. The first-order valence-electron chi connectivity index (χ1n) is 11.0. The van der Waals surface area contributed by atoms with Crippen LogP contribution in [0.2, 0.25) is 5.02 Å². The molecular weight excluding hydrogens is 458 g/mol. The van der Waals surface area contributed by atoms with Gasteiger partial charge in [-0.2, -0.15) is 0 Å². The van der Waals surface area contributed by atoms with Crippen molar-refractivity contribution in [3.63, 3.8) is 0 Å². The van der Waals surface area contributed by atoms with Gasteiger partial charge in [-0.15, -0.1) is 10.2 Å². The maximum absolute atomic E-state index is 12.7. The zero-order valence-corrected chi connectivity index (χ0v) is 19.9. The van der Waals surface area contributed by atoms with E-state index in [-0.39, 0.29) is 11.9 Å². The third-order valence-electron chi connectivity index (χ3n) is 5.65. The summed E-state index contributed by atoms with van der Waals surface area (Å²) in [5.74, 6) is 0.328. The molecule has 33 heavy (non-hydrogen) atoms. The summed E-state index contributed by atoms with van der Waals surface area (Å²) in [6, 6.07) is 16.8. The number of carbonyl (C=O) groups is 2. The molecule has 0 radical (unpaired) electrons. The van der Waals surface area contributed by atoms with Crippen LogP contribution in [-0.4, -0.2) is 32.0 Å². The molecule has 7 nitrogen and oxygen atoms in total. The smallest absolute Gasteiger partial charge is 0.321 e. The molecule has 172 valence electrons. The first kappa shape index (κ1) is 23.3. The van der Waals surface area contributed by atoms with Gasteiger partial charge in [0.05, 0.1) is 10.3 Å². The highest BCUT2D eigenvalue weighted by Gasteiger charge is 2.28. The van der Waals surface area contributed by atoms with Crippen LogP contribution in [0.1, 0.15) is 44.2 Å². The highest BCUT2D eigenvalue weighted by atomic mass is 35.5. The fourth-order valence-electron chi connectivity index (χ4n) is 3.92. The van der Waals surface area contributed by atoms with E-state index in [9.17, 15) is 9.59 Å². The zero-order valence-electron chi connectivity index (χ0n) is 18.3. The van der Waals surface area contributed by atoms with Crippen molar-refractivity contribution >= 4 is 35.3 Å². The molecule has 1 fully saturated rings. The Kier molecular flexibility index (Phi) is 7.67. The van der Waals surface area contributed by atoms with Crippen LogP contribution in [-0.2, 0) is 11.3 Å². The average molecular weight is 484 g/mol. The lowest BCUT2D eigenvalue weighted by molar-refractivity contribution is -0.119. The molecule has 1 heterocycles. The summed E-state index contributed by atoms with van der Waals surface area (Å²) in [7, 11) is 0. The van der Waals surface area contributed by atoms with Gasteiger partial charge in [-0.1, -0.05) is 78.7 Å². The fraction of sp³-hybridized carbons (Fsp3) is 0.333. The maximum atomic E-state index is 12.7. The van der Waals surface area contributed by atoms with E-state index in [2.05, 4.69) is 25.4 Å². The fourth-order valence-corrected chi connectivity index (χ4v) is 5.06. The summed E-state index contributed by atoms with van der Waals surface area (Å²) in [5.41, 5.74) is 1.78. The van der Waals surface area contributed by atoms with Gasteiger partial charge in [-0.05, 0) is 37.5 Å². The second kappa shape index (κ2) is 10.9. The molecule has 1 aliphatic carbocycles. The summed E-state index contributed by atoms with van der Waals surface area (Å²) in [4.78, 5) is 24.8.